The van der Waals surface area contributed by atoms with Crippen molar-refractivity contribution >= 4 is 0 Å². The SMILES string of the molecule is [2H]C(C)(C1CCCCC1)C(C)(C)C. The summed E-state index contributed by atoms with van der Waals surface area (Å²) >= 11 is 0. The van der Waals surface area contributed by atoms with Crippen molar-refractivity contribution in [1.82, 2.24) is 0 Å². The molecule has 12 heavy (non-hydrogen) atoms. The molecule has 1 atom stereocenters. The Morgan fingerprint density at radius 3 is 2.08 bits per heavy atom. The molecule has 1 unspecified atom stereocenters. The Bertz CT molecular complexity index is 158. The van der Waals surface area contributed by atoms with E-state index >= 15 is 0 Å². The standard InChI is InChI=1S/C12H24/c1-10(12(2,3)4)11-8-6-5-7-9-11/h10-11H,5-9H2,1-4H3/i10D. The van der Waals surface area contributed by atoms with Gasteiger partial charge in [0.25, 0.3) is 0 Å². The highest BCUT2D eigenvalue weighted by atomic mass is 14.3. The zero-order valence-electron chi connectivity index (χ0n) is 10.1. The molecule has 0 aromatic rings. The van der Waals surface area contributed by atoms with Gasteiger partial charge in [0.1, 0.15) is 0 Å². The van der Waals surface area contributed by atoms with Crippen molar-refractivity contribution < 1.29 is 1.37 Å². The molecule has 1 rings (SSSR count). The van der Waals surface area contributed by atoms with Gasteiger partial charge in [0.15, 0.2) is 0 Å². The third-order valence-electron chi connectivity index (χ3n) is 3.40. The lowest BCUT2D eigenvalue weighted by molar-refractivity contribution is 0.141. The molecule has 0 heteroatoms. The van der Waals surface area contributed by atoms with Crippen LogP contribution in [0.1, 0.15) is 61.2 Å². The monoisotopic (exact) mass is 169 g/mol. The highest BCUT2D eigenvalue weighted by Crippen LogP contribution is 2.39. The van der Waals surface area contributed by atoms with Crippen LogP contribution in [0.2, 0.25) is 0 Å². The Hall–Kier alpha value is 0. The van der Waals surface area contributed by atoms with Crippen LogP contribution < -0.4 is 0 Å². The van der Waals surface area contributed by atoms with E-state index in [1.54, 1.807) is 0 Å². The summed E-state index contributed by atoms with van der Waals surface area (Å²) in [6.45, 7) is 8.74. The number of hydrogen-bond donors (Lipinski definition) is 0. The van der Waals surface area contributed by atoms with Crippen molar-refractivity contribution in [3.05, 3.63) is 0 Å². The molecule has 0 aromatic carbocycles. The first kappa shape index (κ1) is 8.59. The van der Waals surface area contributed by atoms with Crippen LogP contribution >= 0.6 is 0 Å². The molecule has 0 amide bonds. The molecule has 1 aliphatic carbocycles. The van der Waals surface area contributed by atoms with Gasteiger partial charge in [-0.2, -0.15) is 0 Å². The van der Waals surface area contributed by atoms with Crippen LogP contribution in [0, 0.1) is 17.2 Å². The Morgan fingerprint density at radius 2 is 1.67 bits per heavy atom. The van der Waals surface area contributed by atoms with Gasteiger partial charge in [-0.25, -0.2) is 0 Å². The smallest absolute Gasteiger partial charge is 0.0308 e. The van der Waals surface area contributed by atoms with E-state index in [-0.39, 0.29) is 11.3 Å². The van der Waals surface area contributed by atoms with Crippen LogP contribution in [0.4, 0.5) is 0 Å². The van der Waals surface area contributed by atoms with E-state index in [1.807, 2.05) is 0 Å². The summed E-state index contributed by atoms with van der Waals surface area (Å²) in [5, 5.41) is 0. The van der Waals surface area contributed by atoms with Gasteiger partial charge in [0.05, 0.1) is 0 Å². The van der Waals surface area contributed by atoms with Gasteiger partial charge in [0, 0.05) is 1.37 Å². The number of rotatable bonds is 1. The van der Waals surface area contributed by atoms with Crippen LogP contribution in [0.25, 0.3) is 0 Å². The van der Waals surface area contributed by atoms with E-state index in [0.717, 1.165) is 0 Å². The maximum Gasteiger partial charge on any atom is 0.0308 e. The van der Waals surface area contributed by atoms with Gasteiger partial charge in [-0.05, 0) is 17.2 Å². The summed E-state index contributed by atoms with van der Waals surface area (Å²) in [6, 6.07) is 0. The minimum atomic E-state index is -0.243. The van der Waals surface area contributed by atoms with Crippen LogP contribution in [0.15, 0.2) is 0 Å². The normalized spacial score (nSPS) is 27.8. The van der Waals surface area contributed by atoms with E-state index < -0.39 is 0 Å². The van der Waals surface area contributed by atoms with Gasteiger partial charge in [0.2, 0.25) is 0 Å². The Morgan fingerprint density at radius 1 is 1.17 bits per heavy atom. The highest BCUT2D eigenvalue weighted by Gasteiger charge is 2.28. The molecule has 1 aliphatic rings. The fourth-order valence-electron chi connectivity index (χ4n) is 2.15. The second-order valence-electron chi connectivity index (χ2n) is 5.27. The Kier molecular flexibility index (Phi) is 2.73. The summed E-state index contributed by atoms with van der Waals surface area (Å²) in [4.78, 5) is 0. The van der Waals surface area contributed by atoms with Crippen molar-refractivity contribution in [2.45, 2.75) is 59.8 Å². The molecule has 0 N–H and O–H groups in total. The Balaban J connectivity index is 2.67. The molecule has 0 saturated heterocycles. The highest BCUT2D eigenvalue weighted by molar-refractivity contribution is 4.79. The van der Waals surface area contributed by atoms with Gasteiger partial charge in [-0.15, -0.1) is 0 Å². The van der Waals surface area contributed by atoms with Crippen LogP contribution in [0.3, 0.4) is 0 Å². The topological polar surface area (TPSA) is 0 Å². The van der Waals surface area contributed by atoms with Crippen molar-refractivity contribution in [1.29, 1.82) is 0 Å². The minimum absolute atomic E-state index is 0.120. The fraction of sp³-hybridized carbons (Fsp3) is 1.00. The molecule has 0 spiro atoms. The first-order valence-corrected chi connectivity index (χ1v) is 5.36. The largest absolute Gasteiger partial charge is 0.0617 e. The van der Waals surface area contributed by atoms with Gasteiger partial charge < -0.3 is 0 Å². The van der Waals surface area contributed by atoms with E-state index in [1.165, 1.54) is 32.1 Å². The average molecular weight is 169 g/mol. The van der Waals surface area contributed by atoms with Crippen LogP contribution in [0.5, 0.6) is 0 Å². The minimum Gasteiger partial charge on any atom is -0.0617 e. The van der Waals surface area contributed by atoms with E-state index in [9.17, 15) is 0 Å². The summed E-state index contributed by atoms with van der Waals surface area (Å²) in [7, 11) is 0. The third-order valence-corrected chi connectivity index (χ3v) is 3.40. The van der Waals surface area contributed by atoms with E-state index in [4.69, 9.17) is 1.37 Å². The molecule has 1 saturated carbocycles. The summed E-state index contributed by atoms with van der Waals surface area (Å²) in [5.74, 6) is 0.384. The summed E-state index contributed by atoms with van der Waals surface area (Å²) in [6.07, 6.45) is 6.62. The van der Waals surface area contributed by atoms with Gasteiger partial charge in [-0.1, -0.05) is 59.8 Å². The fourth-order valence-corrected chi connectivity index (χ4v) is 2.15. The summed E-state index contributed by atoms with van der Waals surface area (Å²) < 4.78 is 8.47. The first-order valence-electron chi connectivity index (χ1n) is 5.86. The van der Waals surface area contributed by atoms with Crippen molar-refractivity contribution in [3.8, 4) is 0 Å². The summed E-state index contributed by atoms with van der Waals surface area (Å²) in [5.41, 5.74) is 0.120. The van der Waals surface area contributed by atoms with Crippen LogP contribution in [-0.2, 0) is 0 Å². The third kappa shape index (κ3) is 2.50. The zero-order chi connectivity index (χ0) is 10.1. The molecule has 0 aliphatic heterocycles. The predicted octanol–water partition coefficient (Wildman–Crippen LogP) is 4.25. The van der Waals surface area contributed by atoms with Gasteiger partial charge >= 0.3 is 0 Å². The first-order chi connectivity index (χ1) is 5.86. The molecular formula is C12H24. The lowest BCUT2D eigenvalue weighted by atomic mass is 9.69. The molecule has 0 heterocycles. The lowest BCUT2D eigenvalue weighted by Gasteiger charge is -2.36. The second-order valence-corrected chi connectivity index (χ2v) is 5.27. The lowest BCUT2D eigenvalue weighted by Crippen LogP contribution is -2.27. The van der Waals surface area contributed by atoms with Crippen molar-refractivity contribution in [2.24, 2.45) is 17.2 Å². The molecule has 0 aromatic heterocycles. The maximum absolute atomic E-state index is 8.47. The molecule has 1 fully saturated rings. The second kappa shape index (κ2) is 3.81. The average Bonchev–Trinajstić information content (AvgIpc) is 2.04. The molecular weight excluding hydrogens is 144 g/mol. The Labute approximate surface area is 79.2 Å². The number of hydrogen-bond acceptors (Lipinski definition) is 0. The molecule has 0 radical (unpaired) electrons. The van der Waals surface area contributed by atoms with Crippen LogP contribution in [-0.4, -0.2) is 0 Å². The zero-order valence-corrected chi connectivity index (χ0v) is 9.11. The maximum atomic E-state index is 8.47. The van der Waals surface area contributed by atoms with E-state index in [0.29, 0.717) is 5.92 Å². The van der Waals surface area contributed by atoms with Crippen molar-refractivity contribution in [3.63, 3.8) is 0 Å². The van der Waals surface area contributed by atoms with Gasteiger partial charge in [-0.3, -0.25) is 0 Å². The molecule has 0 bridgehead atoms. The quantitative estimate of drug-likeness (QED) is 0.550. The molecule has 72 valence electrons. The van der Waals surface area contributed by atoms with E-state index in [2.05, 4.69) is 27.7 Å². The predicted molar refractivity (Wildman–Crippen MR) is 55.2 cm³/mol. The molecule has 0 nitrogen and oxygen atoms in total. The van der Waals surface area contributed by atoms with Crippen molar-refractivity contribution in [2.75, 3.05) is 0 Å².